The molecule has 0 aliphatic heterocycles. The summed E-state index contributed by atoms with van der Waals surface area (Å²) in [4.78, 5) is 12.5. The van der Waals surface area contributed by atoms with Gasteiger partial charge in [0.15, 0.2) is 5.16 Å². The van der Waals surface area contributed by atoms with Crippen LogP contribution in [0.5, 0.6) is 0 Å². The number of benzene rings is 3. The van der Waals surface area contributed by atoms with Crippen LogP contribution in [0.1, 0.15) is 18.3 Å². The van der Waals surface area contributed by atoms with Crippen LogP contribution < -0.4 is 5.32 Å². The third kappa shape index (κ3) is 4.13. The van der Waals surface area contributed by atoms with Crippen LogP contribution >= 0.6 is 27.7 Å². The lowest BCUT2D eigenvalue weighted by Gasteiger charge is -2.14. The SMILES string of the molecule is CCc1ccc(-n2c(C)nnc2SCC(=O)Nc2ccccc2Br)c2ccccc12. The van der Waals surface area contributed by atoms with Crippen molar-refractivity contribution < 1.29 is 4.79 Å². The molecule has 0 radical (unpaired) electrons. The summed E-state index contributed by atoms with van der Waals surface area (Å²) in [6.07, 6.45) is 0.971. The van der Waals surface area contributed by atoms with Crippen molar-refractivity contribution >= 4 is 50.1 Å². The highest BCUT2D eigenvalue weighted by atomic mass is 79.9. The Kier molecular flexibility index (Phi) is 6.20. The first-order valence-corrected chi connectivity index (χ1v) is 11.5. The molecular weight excluding hydrogens is 460 g/mol. The van der Waals surface area contributed by atoms with Crippen LogP contribution in [-0.2, 0) is 11.2 Å². The van der Waals surface area contributed by atoms with Crippen molar-refractivity contribution in [2.45, 2.75) is 25.4 Å². The van der Waals surface area contributed by atoms with Gasteiger partial charge in [-0.1, -0.05) is 61.2 Å². The molecular formula is C23H21BrN4OS. The molecule has 4 rings (SSSR count). The molecule has 0 unspecified atom stereocenters. The third-order valence-corrected chi connectivity index (χ3v) is 6.51. The fourth-order valence-electron chi connectivity index (χ4n) is 3.44. The van der Waals surface area contributed by atoms with Crippen molar-refractivity contribution in [3.8, 4) is 5.69 Å². The number of nitrogens with zero attached hydrogens (tertiary/aromatic N) is 3. The zero-order valence-corrected chi connectivity index (χ0v) is 19.1. The van der Waals surface area contributed by atoms with Crippen LogP contribution in [0.25, 0.3) is 16.5 Å². The highest BCUT2D eigenvalue weighted by Gasteiger charge is 2.16. The van der Waals surface area contributed by atoms with E-state index >= 15 is 0 Å². The van der Waals surface area contributed by atoms with Gasteiger partial charge in [-0.25, -0.2) is 0 Å². The Morgan fingerprint density at radius 3 is 2.53 bits per heavy atom. The first-order chi connectivity index (χ1) is 14.6. The second kappa shape index (κ2) is 9.02. The highest BCUT2D eigenvalue weighted by Crippen LogP contribution is 2.30. The number of rotatable bonds is 6. The van der Waals surface area contributed by atoms with E-state index in [1.54, 1.807) is 0 Å². The van der Waals surface area contributed by atoms with Crippen molar-refractivity contribution in [3.63, 3.8) is 0 Å². The first-order valence-electron chi connectivity index (χ1n) is 9.68. The van der Waals surface area contributed by atoms with E-state index in [2.05, 4.69) is 68.7 Å². The minimum Gasteiger partial charge on any atom is -0.324 e. The summed E-state index contributed by atoms with van der Waals surface area (Å²) < 4.78 is 2.88. The molecule has 0 aliphatic carbocycles. The van der Waals surface area contributed by atoms with Gasteiger partial charge in [-0.05, 0) is 58.4 Å². The van der Waals surface area contributed by atoms with E-state index in [0.717, 1.165) is 33.5 Å². The normalized spacial score (nSPS) is 11.0. The lowest BCUT2D eigenvalue weighted by molar-refractivity contribution is -0.113. The number of hydrogen-bond acceptors (Lipinski definition) is 4. The number of thioether (sulfide) groups is 1. The lowest BCUT2D eigenvalue weighted by Crippen LogP contribution is -2.15. The molecule has 5 nitrogen and oxygen atoms in total. The predicted octanol–water partition coefficient (Wildman–Crippen LogP) is 5.78. The number of amides is 1. The van der Waals surface area contributed by atoms with E-state index in [-0.39, 0.29) is 11.7 Å². The second-order valence-corrected chi connectivity index (χ2v) is 8.62. The molecule has 1 aromatic heterocycles. The zero-order chi connectivity index (χ0) is 21.1. The molecule has 7 heteroatoms. The number of fused-ring (bicyclic) bond motifs is 1. The quantitative estimate of drug-likeness (QED) is 0.355. The number of carbonyl (C=O) groups is 1. The van der Waals surface area contributed by atoms with Crippen LogP contribution in [0.15, 0.2) is 70.3 Å². The molecule has 1 amide bonds. The molecule has 30 heavy (non-hydrogen) atoms. The van der Waals surface area contributed by atoms with Crippen molar-refractivity contribution in [2.75, 3.05) is 11.1 Å². The number of anilines is 1. The van der Waals surface area contributed by atoms with Gasteiger partial charge in [-0.2, -0.15) is 0 Å². The summed E-state index contributed by atoms with van der Waals surface area (Å²) in [6, 6.07) is 20.2. The zero-order valence-electron chi connectivity index (χ0n) is 16.7. The molecule has 0 bridgehead atoms. The minimum absolute atomic E-state index is 0.0923. The average Bonchev–Trinajstić information content (AvgIpc) is 3.13. The van der Waals surface area contributed by atoms with Gasteiger partial charge in [0.2, 0.25) is 5.91 Å². The van der Waals surface area contributed by atoms with Crippen LogP contribution in [0.2, 0.25) is 0 Å². The van der Waals surface area contributed by atoms with E-state index in [1.807, 2.05) is 41.8 Å². The van der Waals surface area contributed by atoms with E-state index in [9.17, 15) is 4.79 Å². The predicted molar refractivity (Wildman–Crippen MR) is 126 cm³/mol. The molecule has 0 saturated heterocycles. The fourth-order valence-corrected chi connectivity index (χ4v) is 4.62. The smallest absolute Gasteiger partial charge is 0.234 e. The Hall–Kier alpha value is -2.64. The molecule has 0 aliphatic rings. The Bertz CT molecular complexity index is 1220. The molecule has 3 aromatic carbocycles. The van der Waals surface area contributed by atoms with E-state index in [1.165, 1.54) is 22.7 Å². The number of aryl methyl sites for hydroxylation is 2. The van der Waals surface area contributed by atoms with Crippen LogP contribution in [0.4, 0.5) is 5.69 Å². The summed E-state index contributed by atoms with van der Waals surface area (Å²) >= 11 is 4.83. The summed E-state index contributed by atoms with van der Waals surface area (Å²) in [6.45, 7) is 4.09. The summed E-state index contributed by atoms with van der Waals surface area (Å²) in [5.41, 5.74) is 3.09. The summed E-state index contributed by atoms with van der Waals surface area (Å²) in [7, 11) is 0. The van der Waals surface area contributed by atoms with E-state index < -0.39 is 0 Å². The van der Waals surface area contributed by atoms with Crippen molar-refractivity contribution in [2.24, 2.45) is 0 Å². The highest BCUT2D eigenvalue weighted by molar-refractivity contribution is 9.10. The number of hydrogen-bond donors (Lipinski definition) is 1. The maximum Gasteiger partial charge on any atom is 0.234 e. The number of para-hydroxylation sites is 1. The van der Waals surface area contributed by atoms with Gasteiger partial charge >= 0.3 is 0 Å². The molecule has 0 atom stereocenters. The van der Waals surface area contributed by atoms with E-state index in [4.69, 9.17) is 0 Å². The molecule has 152 valence electrons. The Morgan fingerprint density at radius 1 is 1.03 bits per heavy atom. The van der Waals surface area contributed by atoms with Crippen molar-refractivity contribution in [3.05, 3.63) is 76.5 Å². The van der Waals surface area contributed by atoms with Gasteiger partial charge in [0, 0.05) is 9.86 Å². The van der Waals surface area contributed by atoms with E-state index in [0.29, 0.717) is 5.16 Å². The molecule has 1 heterocycles. The van der Waals surface area contributed by atoms with Gasteiger partial charge in [0.25, 0.3) is 0 Å². The van der Waals surface area contributed by atoms with Gasteiger partial charge in [0.1, 0.15) is 5.82 Å². The lowest BCUT2D eigenvalue weighted by atomic mass is 10.0. The van der Waals surface area contributed by atoms with Crippen LogP contribution in [0.3, 0.4) is 0 Å². The number of aromatic nitrogens is 3. The van der Waals surface area contributed by atoms with Gasteiger partial charge in [-0.3, -0.25) is 9.36 Å². The molecule has 4 aromatic rings. The second-order valence-electron chi connectivity index (χ2n) is 6.82. The summed E-state index contributed by atoms with van der Waals surface area (Å²) in [5, 5.41) is 14.6. The molecule has 1 N–H and O–H groups in total. The van der Waals surface area contributed by atoms with Crippen molar-refractivity contribution in [1.82, 2.24) is 14.8 Å². The number of nitrogens with one attached hydrogen (secondary N) is 1. The fraction of sp³-hybridized carbons (Fsp3) is 0.174. The third-order valence-electron chi connectivity index (χ3n) is 4.89. The maximum atomic E-state index is 12.5. The Labute approximate surface area is 188 Å². The van der Waals surface area contributed by atoms with Crippen LogP contribution in [-0.4, -0.2) is 26.4 Å². The average molecular weight is 481 g/mol. The minimum atomic E-state index is -0.0923. The summed E-state index contributed by atoms with van der Waals surface area (Å²) in [5.74, 6) is 0.938. The van der Waals surface area contributed by atoms with Crippen molar-refractivity contribution in [1.29, 1.82) is 0 Å². The Balaban J connectivity index is 1.61. The number of carbonyl (C=O) groups excluding carboxylic acids is 1. The standard InChI is InChI=1S/C23H21BrN4OS/c1-3-16-12-13-21(18-9-5-4-8-17(16)18)28-15(2)26-27-23(28)30-14-22(29)25-20-11-7-6-10-19(20)24/h4-13H,3,14H2,1-2H3,(H,25,29). The largest absolute Gasteiger partial charge is 0.324 e. The number of halogens is 1. The van der Waals surface area contributed by atoms with Gasteiger partial charge in [0.05, 0.1) is 17.1 Å². The van der Waals surface area contributed by atoms with Gasteiger partial charge in [-0.15, -0.1) is 10.2 Å². The van der Waals surface area contributed by atoms with Crippen LogP contribution in [0, 0.1) is 6.92 Å². The Morgan fingerprint density at radius 2 is 1.77 bits per heavy atom. The molecule has 0 saturated carbocycles. The maximum absolute atomic E-state index is 12.5. The van der Waals surface area contributed by atoms with Gasteiger partial charge < -0.3 is 5.32 Å². The monoisotopic (exact) mass is 480 g/mol. The topological polar surface area (TPSA) is 59.8 Å². The molecule has 0 fully saturated rings. The first kappa shape index (κ1) is 20.6. The molecule has 0 spiro atoms.